The van der Waals surface area contributed by atoms with Crippen molar-refractivity contribution in [2.45, 2.75) is 19.6 Å². The topological polar surface area (TPSA) is 65.2 Å². The van der Waals surface area contributed by atoms with Crippen molar-refractivity contribution in [3.05, 3.63) is 140 Å². The third kappa shape index (κ3) is 5.35. The van der Waals surface area contributed by atoms with E-state index < -0.39 is 8.07 Å². The summed E-state index contributed by atoms with van der Waals surface area (Å²) in [6.07, 6.45) is 3.70. The predicted molar refractivity (Wildman–Crippen MR) is 202 cm³/mol. The molecule has 1 radical (unpaired) electrons. The fraction of sp³-hybridized carbons (Fsp3) is 0.0698. The molecule has 10 aromatic rings. The minimum absolute atomic E-state index is 0. The Morgan fingerprint density at radius 2 is 1.24 bits per heavy atom. The van der Waals surface area contributed by atoms with Gasteiger partial charge in [-0.3, -0.25) is 0 Å². The molecule has 10 rings (SSSR count). The number of para-hydroxylation sites is 2. The first-order valence-electron chi connectivity index (χ1n) is 16.3. The molecule has 0 aliphatic carbocycles. The number of rotatable bonds is 3. The van der Waals surface area contributed by atoms with Crippen molar-refractivity contribution >= 4 is 79.1 Å². The van der Waals surface area contributed by atoms with Gasteiger partial charge in [0.1, 0.15) is 16.7 Å². The van der Waals surface area contributed by atoms with Crippen LogP contribution in [0.5, 0.6) is 0 Å². The minimum Gasteiger partial charge on any atom is -0.497 e. The molecule has 0 spiro atoms. The van der Waals surface area contributed by atoms with E-state index in [0.717, 1.165) is 88.3 Å². The first-order valence-corrected chi connectivity index (χ1v) is 19.8. The largest absolute Gasteiger partial charge is 0.497 e. The van der Waals surface area contributed by atoms with E-state index in [-0.39, 0.29) is 20.1 Å². The molecule has 0 atom stereocenters. The number of fused-ring (bicyclic) bond motifs is 10. The number of pyridine rings is 2. The Balaban J connectivity index is 0.000000236. The summed E-state index contributed by atoms with van der Waals surface area (Å²) in [5.74, 6) is 0. The van der Waals surface area contributed by atoms with Crippen LogP contribution in [-0.2, 0) is 20.1 Å². The molecule has 0 N–H and O–H groups in total. The van der Waals surface area contributed by atoms with Crippen LogP contribution >= 0.6 is 0 Å². The van der Waals surface area contributed by atoms with Crippen molar-refractivity contribution in [1.29, 1.82) is 0 Å². The van der Waals surface area contributed by atoms with E-state index in [1.807, 2.05) is 85.1 Å². The van der Waals surface area contributed by atoms with Gasteiger partial charge in [-0.05, 0) is 40.8 Å². The maximum atomic E-state index is 6.53. The third-order valence-electron chi connectivity index (χ3n) is 9.04. The SMILES string of the molecule is C[Si](C)(C)c1cccc2c1oc1cc(-c3[c-]ccc4c3oc3c4ccc4c5ccccc5oc43)ncc12.[Ir].[c-]1ccccc1-c1ccccn1. The molecule has 0 saturated carbocycles. The van der Waals surface area contributed by atoms with Gasteiger partial charge in [-0.15, -0.1) is 54.1 Å². The molecule has 0 unspecified atom stereocenters. The summed E-state index contributed by atoms with van der Waals surface area (Å²) >= 11 is 0. The van der Waals surface area contributed by atoms with Crippen molar-refractivity contribution in [3.63, 3.8) is 0 Å². The molecule has 0 fully saturated rings. The molecule has 5 nitrogen and oxygen atoms in total. The Bertz CT molecular complexity index is 2780. The first kappa shape index (κ1) is 31.9. The Kier molecular flexibility index (Phi) is 7.99. The van der Waals surface area contributed by atoms with Crippen LogP contribution in [-0.4, -0.2) is 18.0 Å². The quantitative estimate of drug-likeness (QED) is 0.131. The molecule has 0 bridgehead atoms. The molecular formula is C43H30IrN2O3Si-2. The van der Waals surface area contributed by atoms with Crippen LogP contribution in [0.25, 0.3) is 88.3 Å². The summed E-state index contributed by atoms with van der Waals surface area (Å²) in [4.78, 5) is 9.06. The monoisotopic (exact) mass is 843 g/mol. The molecule has 0 saturated heterocycles. The van der Waals surface area contributed by atoms with Crippen LogP contribution in [0.15, 0.2) is 141 Å². The summed E-state index contributed by atoms with van der Waals surface area (Å²) in [6, 6.07) is 44.9. The van der Waals surface area contributed by atoms with Crippen molar-refractivity contribution in [2.75, 3.05) is 0 Å². The van der Waals surface area contributed by atoms with E-state index in [2.05, 4.69) is 73.2 Å². The van der Waals surface area contributed by atoms with Crippen LogP contribution in [0.1, 0.15) is 0 Å². The third-order valence-corrected chi connectivity index (χ3v) is 11.1. The molecular weight excluding hydrogens is 813 g/mol. The molecule has 0 amide bonds. The van der Waals surface area contributed by atoms with E-state index in [0.29, 0.717) is 0 Å². The van der Waals surface area contributed by atoms with Crippen LogP contribution in [0.3, 0.4) is 0 Å². The number of hydrogen-bond donors (Lipinski definition) is 0. The van der Waals surface area contributed by atoms with Gasteiger partial charge in [0, 0.05) is 59.4 Å². The Hall–Kier alpha value is -5.33. The Morgan fingerprint density at radius 3 is 2.04 bits per heavy atom. The van der Waals surface area contributed by atoms with Crippen LogP contribution < -0.4 is 5.19 Å². The van der Waals surface area contributed by atoms with E-state index in [1.54, 1.807) is 6.20 Å². The molecule has 5 aromatic heterocycles. The average Bonchev–Trinajstić information content (AvgIpc) is 3.83. The second-order valence-electron chi connectivity index (χ2n) is 13.2. The van der Waals surface area contributed by atoms with Gasteiger partial charge in [0.05, 0.1) is 13.7 Å². The van der Waals surface area contributed by atoms with Gasteiger partial charge in [-0.2, -0.15) is 0 Å². The van der Waals surface area contributed by atoms with Crippen LogP contribution in [0.4, 0.5) is 0 Å². The number of furan rings is 3. The number of benzene rings is 5. The molecule has 0 aliphatic rings. The van der Waals surface area contributed by atoms with Gasteiger partial charge >= 0.3 is 0 Å². The van der Waals surface area contributed by atoms with Gasteiger partial charge in [0.2, 0.25) is 0 Å². The van der Waals surface area contributed by atoms with Gasteiger partial charge in [0.15, 0.2) is 11.2 Å². The Labute approximate surface area is 302 Å². The zero-order valence-electron chi connectivity index (χ0n) is 27.6. The number of hydrogen-bond acceptors (Lipinski definition) is 5. The van der Waals surface area contributed by atoms with Crippen LogP contribution in [0, 0.1) is 12.1 Å². The molecule has 50 heavy (non-hydrogen) atoms. The van der Waals surface area contributed by atoms with E-state index in [9.17, 15) is 0 Å². The van der Waals surface area contributed by atoms with E-state index in [1.165, 1.54) is 5.19 Å². The summed E-state index contributed by atoms with van der Waals surface area (Å²) < 4.78 is 19.2. The second-order valence-corrected chi connectivity index (χ2v) is 18.2. The maximum absolute atomic E-state index is 6.53. The number of aromatic nitrogens is 2. The average molecular weight is 843 g/mol. The summed E-state index contributed by atoms with van der Waals surface area (Å²) in [7, 11) is -1.57. The smallest absolute Gasteiger partial charge is 0.177 e. The first-order chi connectivity index (χ1) is 23.9. The fourth-order valence-electron chi connectivity index (χ4n) is 6.67. The summed E-state index contributed by atoms with van der Waals surface area (Å²) in [5, 5.41) is 7.63. The number of nitrogens with zero attached hydrogens (tertiary/aromatic N) is 2. The summed E-state index contributed by atoms with van der Waals surface area (Å²) in [6.45, 7) is 7.03. The Morgan fingerprint density at radius 1 is 0.520 bits per heavy atom. The fourth-order valence-corrected chi connectivity index (χ4v) is 8.13. The van der Waals surface area contributed by atoms with Crippen LogP contribution in [0.2, 0.25) is 19.6 Å². The van der Waals surface area contributed by atoms with E-state index in [4.69, 9.17) is 18.2 Å². The van der Waals surface area contributed by atoms with Crippen molar-refractivity contribution in [2.24, 2.45) is 0 Å². The minimum atomic E-state index is -1.57. The maximum Gasteiger partial charge on any atom is 0.177 e. The van der Waals surface area contributed by atoms with E-state index >= 15 is 0 Å². The molecule has 5 heterocycles. The van der Waals surface area contributed by atoms with Gasteiger partial charge in [-0.1, -0.05) is 85.2 Å². The molecule has 245 valence electrons. The molecule has 7 heteroatoms. The summed E-state index contributed by atoms with van der Waals surface area (Å²) in [5.41, 5.74) is 8.51. The second kappa shape index (κ2) is 12.5. The zero-order chi connectivity index (χ0) is 33.1. The van der Waals surface area contributed by atoms with Gasteiger partial charge in [-0.25, -0.2) is 0 Å². The van der Waals surface area contributed by atoms with Gasteiger partial charge in [0.25, 0.3) is 0 Å². The zero-order valence-corrected chi connectivity index (χ0v) is 31.0. The molecule has 5 aromatic carbocycles. The normalized spacial score (nSPS) is 11.7. The van der Waals surface area contributed by atoms with Crippen molar-refractivity contribution in [3.8, 4) is 22.5 Å². The van der Waals surface area contributed by atoms with Crippen molar-refractivity contribution < 1.29 is 33.4 Å². The standard InChI is InChI=1S/C32H22NO3Si.C11H8N.Ir/c1-37(2,3)28-13-7-10-20-24-17-33-25(16-27(24)35-30(20)28)23-11-6-9-19-22-15-14-21-18-8-4-5-12-26(18)34-31(21)32(22)36-29(19)23;1-2-6-10(7-3-1)11-8-4-5-9-12-11;/h4-10,12-17H,1-3H3;1-6,8-9H;/q2*-1;. The molecule has 0 aliphatic heterocycles. The van der Waals surface area contributed by atoms with Crippen molar-refractivity contribution in [1.82, 2.24) is 9.97 Å². The predicted octanol–water partition coefficient (Wildman–Crippen LogP) is 11.3. The van der Waals surface area contributed by atoms with Gasteiger partial charge < -0.3 is 23.2 Å².